The molecule has 0 saturated carbocycles. The second-order valence-electron chi connectivity index (χ2n) is 6.75. The Bertz CT molecular complexity index is 1240. The van der Waals surface area contributed by atoms with Gasteiger partial charge in [-0.1, -0.05) is 18.2 Å². The first-order valence-electron chi connectivity index (χ1n) is 9.09. The summed E-state index contributed by atoms with van der Waals surface area (Å²) in [6.07, 6.45) is 2.82. The minimum Gasteiger partial charge on any atom is -0.321 e. The number of rotatable bonds is 6. The quantitative estimate of drug-likeness (QED) is 0.268. The zero-order valence-electron chi connectivity index (χ0n) is 17.0. The minimum atomic E-state index is -0.587. The van der Waals surface area contributed by atoms with Gasteiger partial charge in [-0.3, -0.25) is 14.9 Å². The zero-order chi connectivity index (χ0) is 22.5. The highest BCUT2D eigenvalue weighted by Crippen LogP contribution is 2.34. The number of carbonyl (C=O) groups is 1. The molecule has 1 heterocycles. The molecule has 0 bridgehead atoms. The van der Waals surface area contributed by atoms with E-state index in [1.807, 2.05) is 38.1 Å². The number of aryl methyl sites for hydroxylation is 3. The van der Waals surface area contributed by atoms with Crippen LogP contribution in [0.1, 0.15) is 16.7 Å². The van der Waals surface area contributed by atoms with Crippen molar-refractivity contribution in [2.45, 2.75) is 23.9 Å². The van der Waals surface area contributed by atoms with Crippen LogP contribution in [0, 0.1) is 35.3 Å². The summed E-state index contributed by atoms with van der Waals surface area (Å²) in [6.45, 7) is 3.75. The molecule has 0 aliphatic heterocycles. The average molecular weight is 434 g/mol. The number of nitrogens with zero attached hydrogens (tertiary/aromatic N) is 5. The third kappa shape index (κ3) is 5.15. The number of amides is 1. The number of hydrogen-bond donors (Lipinski definition) is 1. The van der Waals surface area contributed by atoms with E-state index in [0.29, 0.717) is 21.3 Å². The highest BCUT2D eigenvalue weighted by Gasteiger charge is 2.18. The van der Waals surface area contributed by atoms with Crippen molar-refractivity contribution in [1.29, 1.82) is 5.26 Å². The van der Waals surface area contributed by atoms with Crippen LogP contribution in [-0.2, 0) is 11.8 Å². The molecule has 0 radical (unpaired) electrons. The van der Waals surface area contributed by atoms with Gasteiger partial charge in [-0.15, -0.1) is 10.2 Å². The highest BCUT2D eigenvalue weighted by atomic mass is 32.2. The van der Waals surface area contributed by atoms with Crippen LogP contribution < -0.4 is 5.32 Å². The van der Waals surface area contributed by atoms with Crippen LogP contribution in [-0.4, -0.2) is 25.6 Å². The fourth-order valence-corrected chi connectivity index (χ4v) is 3.54. The van der Waals surface area contributed by atoms with Crippen LogP contribution in [0.25, 0.3) is 6.08 Å². The van der Waals surface area contributed by atoms with Gasteiger partial charge in [-0.2, -0.15) is 5.26 Å². The Kier molecular flexibility index (Phi) is 6.47. The van der Waals surface area contributed by atoms with E-state index in [1.165, 1.54) is 18.5 Å². The standard InChI is InChI=1S/C21H18N6O3S/c1-13-4-5-14(2)17(8-13)24-20(28)16(11-22)9-15-6-7-19(18(10-15)27(29)30)31-21-25-23-12-26(21)3/h4-10,12H,1-3H3,(H,24,28). The molecule has 0 spiro atoms. The van der Waals surface area contributed by atoms with E-state index < -0.39 is 10.8 Å². The van der Waals surface area contributed by atoms with Crippen molar-refractivity contribution < 1.29 is 9.72 Å². The first-order valence-corrected chi connectivity index (χ1v) is 9.91. The molecule has 1 aromatic heterocycles. The highest BCUT2D eigenvalue weighted by molar-refractivity contribution is 7.99. The van der Waals surface area contributed by atoms with Crippen LogP contribution in [0.3, 0.4) is 0 Å². The summed E-state index contributed by atoms with van der Waals surface area (Å²) in [5.74, 6) is -0.587. The number of nitrogens with one attached hydrogen (secondary N) is 1. The third-order valence-electron chi connectivity index (χ3n) is 4.37. The fraction of sp³-hybridized carbons (Fsp3) is 0.143. The second-order valence-corrected chi connectivity index (χ2v) is 7.76. The van der Waals surface area contributed by atoms with E-state index in [0.717, 1.165) is 22.9 Å². The van der Waals surface area contributed by atoms with Gasteiger partial charge in [0.25, 0.3) is 11.6 Å². The van der Waals surface area contributed by atoms with Gasteiger partial charge in [-0.25, -0.2) is 0 Å². The molecule has 156 valence electrons. The Morgan fingerprint density at radius 1 is 1.29 bits per heavy atom. The van der Waals surface area contributed by atoms with E-state index in [4.69, 9.17) is 0 Å². The lowest BCUT2D eigenvalue weighted by atomic mass is 10.1. The van der Waals surface area contributed by atoms with Crippen molar-refractivity contribution >= 4 is 35.1 Å². The van der Waals surface area contributed by atoms with Gasteiger partial charge in [-0.05, 0) is 60.5 Å². The van der Waals surface area contributed by atoms with Gasteiger partial charge in [0.05, 0.1) is 9.82 Å². The summed E-state index contributed by atoms with van der Waals surface area (Å²) in [6, 6.07) is 12.0. The van der Waals surface area contributed by atoms with Crippen molar-refractivity contribution in [2.24, 2.45) is 7.05 Å². The number of benzene rings is 2. The molecule has 3 rings (SSSR count). The van der Waals surface area contributed by atoms with Gasteiger partial charge in [0, 0.05) is 18.8 Å². The summed E-state index contributed by atoms with van der Waals surface area (Å²) in [5, 5.41) is 31.9. The molecule has 0 aliphatic rings. The second kappa shape index (κ2) is 9.23. The Hall–Kier alpha value is -3.97. The van der Waals surface area contributed by atoms with Crippen molar-refractivity contribution in [3.63, 3.8) is 0 Å². The minimum absolute atomic E-state index is 0.158. The van der Waals surface area contributed by atoms with Crippen molar-refractivity contribution in [3.8, 4) is 6.07 Å². The molecule has 1 N–H and O–H groups in total. The molecule has 0 aliphatic carbocycles. The molecule has 0 atom stereocenters. The third-order valence-corrected chi connectivity index (χ3v) is 5.49. The maximum atomic E-state index is 12.6. The number of anilines is 1. The first kappa shape index (κ1) is 21.7. The van der Waals surface area contributed by atoms with Crippen LogP contribution in [0.2, 0.25) is 0 Å². The van der Waals surface area contributed by atoms with E-state index in [1.54, 1.807) is 23.7 Å². The number of hydrogen-bond acceptors (Lipinski definition) is 7. The largest absolute Gasteiger partial charge is 0.321 e. The Balaban J connectivity index is 1.89. The Morgan fingerprint density at radius 3 is 2.71 bits per heavy atom. The van der Waals surface area contributed by atoms with E-state index in [-0.39, 0.29) is 11.3 Å². The summed E-state index contributed by atoms with van der Waals surface area (Å²) < 4.78 is 1.65. The van der Waals surface area contributed by atoms with Crippen molar-refractivity contribution in [1.82, 2.24) is 14.8 Å². The SMILES string of the molecule is Cc1ccc(C)c(NC(=O)C(C#N)=Cc2ccc(Sc3nncn3C)c([N+](=O)[O-])c2)c1. The molecule has 0 saturated heterocycles. The van der Waals surface area contributed by atoms with Crippen LogP contribution in [0.5, 0.6) is 0 Å². The summed E-state index contributed by atoms with van der Waals surface area (Å²) >= 11 is 1.10. The van der Waals surface area contributed by atoms with E-state index in [2.05, 4.69) is 15.5 Å². The molecule has 31 heavy (non-hydrogen) atoms. The zero-order valence-corrected chi connectivity index (χ0v) is 17.8. The fourth-order valence-electron chi connectivity index (χ4n) is 2.69. The average Bonchev–Trinajstić information content (AvgIpc) is 3.14. The Morgan fingerprint density at radius 2 is 2.06 bits per heavy atom. The van der Waals surface area contributed by atoms with Crippen LogP contribution in [0.15, 0.2) is 58.4 Å². The van der Waals surface area contributed by atoms with Gasteiger partial charge in [0.2, 0.25) is 0 Å². The number of nitro groups is 1. The number of aromatic nitrogens is 3. The predicted octanol–water partition coefficient (Wildman–Crippen LogP) is 4.04. The molecule has 9 nitrogen and oxygen atoms in total. The molecule has 1 amide bonds. The van der Waals surface area contributed by atoms with Gasteiger partial charge in [0.15, 0.2) is 5.16 Å². The van der Waals surface area contributed by atoms with Crippen molar-refractivity contribution in [2.75, 3.05) is 5.32 Å². The predicted molar refractivity (Wildman–Crippen MR) is 116 cm³/mol. The normalized spacial score (nSPS) is 11.1. The van der Waals surface area contributed by atoms with Crippen LogP contribution >= 0.6 is 11.8 Å². The van der Waals surface area contributed by atoms with Gasteiger partial charge in [0.1, 0.15) is 18.0 Å². The first-order chi connectivity index (χ1) is 14.8. The smallest absolute Gasteiger partial charge is 0.283 e. The lowest BCUT2D eigenvalue weighted by molar-refractivity contribution is -0.387. The molecule has 0 unspecified atom stereocenters. The maximum Gasteiger partial charge on any atom is 0.283 e. The Labute approximate surface area is 182 Å². The van der Waals surface area contributed by atoms with E-state index >= 15 is 0 Å². The van der Waals surface area contributed by atoms with Gasteiger partial charge >= 0.3 is 0 Å². The molecular formula is C21H18N6O3S. The molecular weight excluding hydrogens is 416 g/mol. The maximum absolute atomic E-state index is 12.6. The topological polar surface area (TPSA) is 127 Å². The lowest BCUT2D eigenvalue weighted by Crippen LogP contribution is -2.14. The molecule has 10 heteroatoms. The van der Waals surface area contributed by atoms with Gasteiger partial charge < -0.3 is 9.88 Å². The van der Waals surface area contributed by atoms with Crippen molar-refractivity contribution in [3.05, 3.63) is 75.1 Å². The number of carbonyl (C=O) groups excluding carboxylic acids is 1. The molecule has 3 aromatic rings. The molecule has 0 fully saturated rings. The monoisotopic (exact) mass is 434 g/mol. The lowest BCUT2D eigenvalue weighted by Gasteiger charge is -2.09. The van der Waals surface area contributed by atoms with E-state index in [9.17, 15) is 20.2 Å². The van der Waals surface area contributed by atoms with Crippen LogP contribution in [0.4, 0.5) is 11.4 Å². The molecule has 2 aromatic carbocycles. The number of nitriles is 1. The summed E-state index contributed by atoms with van der Waals surface area (Å²) in [7, 11) is 1.74. The summed E-state index contributed by atoms with van der Waals surface area (Å²) in [4.78, 5) is 24.0. The summed E-state index contributed by atoms with van der Waals surface area (Å²) in [5.41, 5.74) is 2.47. The number of nitro benzene ring substituents is 1.